The number of rotatable bonds is 9. The SMILES string of the molecule is CCCCOc1ccc(N(CC(C)C(=O)O)C(=O)CC)cc1. The van der Waals surface area contributed by atoms with E-state index in [2.05, 4.69) is 6.92 Å². The zero-order valence-corrected chi connectivity index (χ0v) is 13.5. The normalized spacial score (nSPS) is 11.8. The Balaban J connectivity index is 2.81. The molecule has 1 aromatic rings. The van der Waals surface area contributed by atoms with Crippen molar-refractivity contribution in [3.63, 3.8) is 0 Å². The zero-order chi connectivity index (χ0) is 16.5. The predicted molar refractivity (Wildman–Crippen MR) is 86.3 cm³/mol. The molecule has 1 unspecified atom stereocenters. The fourth-order valence-corrected chi connectivity index (χ4v) is 1.95. The minimum atomic E-state index is -0.909. The van der Waals surface area contributed by atoms with E-state index >= 15 is 0 Å². The predicted octanol–water partition coefficient (Wildman–Crippen LogP) is 3.33. The van der Waals surface area contributed by atoms with Crippen molar-refractivity contribution < 1.29 is 19.4 Å². The van der Waals surface area contributed by atoms with E-state index in [0.717, 1.165) is 18.6 Å². The highest BCUT2D eigenvalue weighted by Gasteiger charge is 2.20. The summed E-state index contributed by atoms with van der Waals surface area (Å²) in [4.78, 5) is 24.6. The molecule has 1 amide bonds. The van der Waals surface area contributed by atoms with Gasteiger partial charge in [-0.25, -0.2) is 0 Å². The lowest BCUT2D eigenvalue weighted by Crippen LogP contribution is -2.36. The van der Waals surface area contributed by atoms with Crippen LogP contribution in [0.3, 0.4) is 0 Å². The van der Waals surface area contributed by atoms with Gasteiger partial charge in [0.05, 0.1) is 12.5 Å². The molecule has 0 saturated carbocycles. The van der Waals surface area contributed by atoms with Gasteiger partial charge in [0.2, 0.25) is 5.91 Å². The summed E-state index contributed by atoms with van der Waals surface area (Å²) in [5.41, 5.74) is 0.697. The quantitative estimate of drug-likeness (QED) is 0.711. The van der Waals surface area contributed by atoms with Crippen molar-refractivity contribution in [2.75, 3.05) is 18.1 Å². The third-order valence-corrected chi connectivity index (χ3v) is 3.40. The van der Waals surface area contributed by atoms with Crippen LogP contribution in [0.5, 0.6) is 5.75 Å². The first kappa shape index (κ1) is 18.0. The number of carboxylic acids is 1. The average Bonchev–Trinajstić information content (AvgIpc) is 2.52. The Kier molecular flexibility index (Phi) is 7.43. The Morgan fingerprint density at radius 3 is 2.36 bits per heavy atom. The van der Waals surface area contributed by atoms with Gasteiger partial charge < -0.3 is 14.7 Å². The lowest BCUT2D eigenvalue weighted by Gasteiger charge is -2.24. The van der Waals surface area contributed by atoms with Crippen LogP contribution in [0.4, 0.5) is 5.69 Å². The summed E-state index contributed by atoms with van der Waals surface area (Å²) in [5.74, 6) is -0.857. The molecule has 0 aliphatic heterocycles. The molecular formula is C17H25NO4. The first-order valence-corrected chi connectivity index (χ1v) is 7.75. The van der Waals surface area contributed by atoms with Crippen molar-refractivity contribution >= 4 is 17.6 Å². The number of hydrogen-bond acceptors (Lipinski definition) is 3. The molecule has 0 aliphatic carbocycles. The van der Waals surface area contributed by atoms with E-state index in [0.29, 0.717) is 18.7 Å². The molecule has 0 radical (unpaired) electrons. The van der Waals surface area contributed by atoms with E-state index in [1.54, 1.807) is 26.0 Å². The molecule has 0 fully saturated rings. The number of unbranched alkanes of at least 4 members (excludes halogenated alkanes) is 1. The zero-order valence-electron chi connectivity index (χ0n) is 13.5. The maximum Gasteiger partial charge on any atom is 0.308 e. The van der Waals surface area contributed by atoms with Gasteiger partial charge in [-0.2, -0.15) is 0 Å². The number of aliphatic carboxylic acids is 1. The van der Waals surface area contributed by atoms with Crippen LogP contribution in [-0.4, -0.2) is 30.1 Å². The smallest absolute Gasteiger partial charge is 0.308 e. The minimum Gasteiger partial charge on any atom is -0.494 e. The van der Waals surface area contributed by atoms with Crippen LogP contribution in [0.2, 0.25) is 0 Å². The number of nitrogens with zero attached hydrogens (tertiary/aromatic N) is 1. The van der Waals surface area contributed by atoms with E-state index in [9.17, 15) is 9.59 Å². The van der Waals surface area contributed by atoms with E-state index in [1.165, 1.54) is 4.90 Å². The minimum absolute atomic E-state index is 0.0900. The van der Waals surface area contributed by atoms with Crippen molar-refractivity contribution in [2.45, 2.75) is 40.0 Å². The number of benzene rings is 1. The van der Waals surface area contributed by atoms with Gasteiger partial charge in [0.15, 0.2) is 0 Å². The maximum atomic E-state index is 12.1. The Morgan fingerprint density at radius 2 is 1.86 bits per heavy atom. The Bertz CT molecular complexity index is 484. The summed E-state index contributed by atoms with van der Waals surface area (Å²) in [6.07, 6.45) is 2.41. The number of anilines is 1. The maximum absolute atomic E-state index is 12.1. The highest BCUT2D eigenvalue weighted by atomic mass is 16.5. The number of ether oxygens (including phenoxy) is 1. The molecule has 0 saturated heterocycles. The van der Waals surface area contributed by atoms with Crippen molar-refractivity contribution in [3.8, 4) is 5.75 Å². The average molecular weight is 307 g/mol. The first-order chi connectivity index (χ1) is 10.5. The molecule has 0 spiro atoms. The third kappa shape index (κ3) is 5.39. The van der Waals surface area contributed by atoms with Gasteiger partial charge in [0, 0.05) is 18.7 Å². The summed E-state index contributed by atoms with van der Waals surface area (Å²) in [6.45, 7) is 6.30. The van der Waals surface area contributed by atoms with Crippen LogP contribution in [0, 0.1) is 5.92 Å². The highest BCUT2D eigenvalue weighted by molar-refractivity contribution is 5.93. The van der Waals surface area contributed by atoms with Crippen LogP contribution in [0.15, 0.2) is 24.3 Å². The van der Waals surface area contributed by atoms with E-state index < -0.39 is 11.9 Å². The summed E-state index contributed by atoms with van der Waals surface area (Å²) in [7, 11) is 0. The summed E-state index contributed by atoms with van der Waals surface area (Å²) in [5, 5.41) is 9.04. The van der Waals surface area contributed by atoms with Crippen LogP contribution in [-0.2, 0) is 9.59 Å². The highest BCUT2D eigenvalue weighted by Crippen LogP contribution is 2.21. The molecule has 1 N–H and O–H groups in total. The van der Waals surface area contributed by atoms with Gasteiger partial charge in [0.1, 0.15) is 5.75 Å². The molecular weight excluding hydrogens is 282 g/mol. The molecule has 0 aliphatic rings. The monoisotopic (exact) mass is 307 g/mol. The molecule has 0 aromatic heterocycles. The lowest BCUT2D eigenvalue weighted by atomic mass is 10.1. The topological polar surface area (TPSA) is 66.8 Å². The summed E-state index contributed by atoms with van der Waals surface area (Å²) in [6, 6.07) is 7.21. The molecule has 5 heteroatoms. The third-order valence-electron chi connectivity index (χ3n) is 3.40. The van der Waals surface area contributed by atoms with Crippen molar-refractivity contribution in [2.24, 2.45) is 5.92 Å². The molecule has 5 nitrogen and oxygen atoms in total. The first-order valence-electron chi connectivity index (χ1n) is 7.75. The van der Waals surface area contributed by atoms with Gasteiger partial charge >= 0.3 is 5.97 Å². The van der Waals surface area contributed by atoms with Crippen LogP contribution in [0.25, 0.3) is 0 Å². The standard InChI is InChI=1S/C17H25NO4/c1-4-6-11-22-15-9-7-14(8-10-15)18(16(19)5-2)12-13(3)17(20)21/h7-10,13H,4-6,11-12H2,1-3H3,(H,20,21). The Labute approximate surface area is 131 Å². The molecule has 1 rings (SSSR count). The number of carboxylic acid groups (broad SMARTS) is 1. The van der Waals surface area contributed by atoms with Gasteiger partial charge in [-0.05, 0) is 30.7 Å². The molecule has 0 heterocycles. The van der Waals surface area contributed by atoms with E-state index in [1.807, 2.05) is 12.1 Å². The second-order valence-corrected chi connectivity index (χ2v) is 5.29. The molecule has 22 heavy (non-hydrogen) atoms. The van der Waals surface area contributed by atoms with E-state index in [4.69, 9.17) is 9.84 Å². The van der Waals surface area contributed by atoms with Crippen LogP contribution < -0.4 is 9.64 Å². The lowest BCUT2D eigenvalue weighted by molar-refractivity contribution is -0.140. The summed E-state index contributed by atoms with van der Waals surface area (Å²) >= 11 is 0. The Morgan fingerprint density at radius 1 is 1.23 bits per heavy atom. The second-order valence-electron chi connectivity index (χ2n) is 5.29. The van der Waals surface area contributed by atoms with Gasteiger partial charge in [-0.1, -0.05) is 27.2 Å². The Hall–Kier alpha value is -2.04. The fourth-order valence-electron chi connectivity index (χ4n) is 1.95. The molecule has 1 atom stereocenters. The fraction of sp³-hybridized carbons (Fsp3) is 0.529. The van der Waals surface area contributed by atoms with E-state index in [-0.39, 0.29) is 12.5 Å². The van der Waals surface area contributed by atoms with Gasteiger partial charge in [0.25, 0.3) is 0 Å². The van der Waals surface area contributed by atoms with Gasteiger partial charge in [-0.3, -0.25) is 9.59 Å². The second kappa shape index (κ2) is 9.07. The van der Waals surface area contributed by atoms with Crippen molar-refractivity contribution in [1.29, 1.82) is 0 Å². The van der Waals surface area contributed by atoms with Crippen molar-refractivity contribution in [1.82, 2.24) is 0 Å². The molecule has 122 valence electrons. The van der Waals surface area contributed by atoms with Crippen LogP contribution >= 0.6 is 0 Å². The largest absolute Gasteiger partial charge is 0.494 e. The van der Waals surface area contributed by atoms with Crippen molar-refractivity contribution in [3.05, 3.63) is 24.3 Å². The summed E-state index contributed by atoms with van der Waals surface area (Å²) < 4.78 is 5.59. The van der Waals surface area contributed by atoms with Gasteiger partial charge in [-0.15, -0.1) is 0 Å². The van der Waals surface area contributed by atoms with Crippen LogP contribution in [0.1, 0.15) is 40.0 Å². The number of carbonyl (C=O) groups is 2. The number of amides is 1. The molecule has 0 bridgehead atoms. The number of hydrogen-bond donors (Lipinski definition) is 1. The molecule has 1 aromatic carbocycles. The number of carbonyl (C=O) groups excluding carboxylic acids is 1.